The molecule has 5 nitrogen and oxygen atoms in total. The Morgan fingerprint density at radius 3 is 2.06 bits per heavy atom. The number of hydrogen-bond acceptors (Lipinski definition) is 4. The van der Waals surface area contributed by atoms with E-state index in [2.05, 4.69) is 51.1 Å². The average molecular weight is 455 g/mol. The Balaban J connectivity index is 1.54. The maximum atomic E-state index is 12.4. The van der Waals surface area contributed by atoms with Gasteiger partial charge in [0.2, 0.25) is 15.9 Å². The fraction of sp³-hybridized carbons (Fsp3) is 0.292. The first kappa shape index (κ1) is 21.7. The van der Waals surface area contributed by atoms with E-state index in [0.29, 0.717) is 6.54 Å². The van der Waals surface area contributed by atoms with E-state index in [0.717, 1.165) is 16.7 Å². The highest BCUT2D eigenvalue weighted by Gasteiger charge is 2.34. The molecule has 7 heteroatoms. The highest BCUT2D eigenvalue weighted by molar-refractivity contribution is 7.90. The second-order valence-corrected chi connectivity index (χ2v) is 11.2. The lowest BCUT2D eigenvalue weighted by molar-refractivity contribution is -0.123. The molecule has 0 saturated carbocycles. The van der Waals surface area contributed by atoms with Crippen molar-refractivity contribution < 1.29 is 13.2 Å². The van der Waals surface area contributed by atoms with Crippen molar-refractivity contribution in [2.24, 2.45) is 0 Å². The maximum absolute atomic E-state index is 12.4. The fourth-order valence-electron chi connectivity index (χ4n) is 3.81. The van der Waals surface area contributed by atoms with Crippen LogP contribution in [0, 0.1) is 0 Å². The zero-order valence-corrected chi connectivity index (χ0v) is 19.2. The van der Waals surface area contributed by atoms with E-state index < -0.39 is 15.3 Å². The molecule has 0 spiro atoms. The second-order valence-electron chi connectivity index (χ2n) is 8.14. The third kappa shape index (κ3) is 4.89. The van der Waals surface area contributed by atoms with Crippen LogP contribution >= 0.6 is 11.3 Å². The third-order valence-electron chi connectivity index (χ3n) is 5.76. The van der Waals surface area contributed by atoms with E-state index in [4.69, 9.17) is 0 Å². The van der Waals surface area contributed by atoms with Gasteiger partial charge in [-0.05, 0) is 58.5 Å². The number of amides is 1. The van der Waals surface area contributed by atoms with Crippen molar-refractivity contribution in [3.05, 3.63) is 70.9 Å². The highest BCUT2D eigenvalue weighted by Crippen LogP contribution is 2.30. The zero-order valence-electron chi connectivity index (χ0n) is 17.5. The number of carbonyl (C=O) groups excluding carboxylic acids is 1. The quantitative estimate of drug-likeness (QED) is 0.580. The van der Waals surface area contributed by atoms with Crippen LogP contribution < -0.4 is 10.0 Å². The molecule has 3 aromatic rings. The van der Waals surface area contributed by atoms with Gasteiger partial charge in [0.15, 0.2) is 0 Å². The molecule has 1 aromatic heterocycles. The van der Waals surface area contributed by atoms with Gasteiger partial charge in [0.25, 0.3) is 0 Å². The molecule has 2 atom stereocenters. The summed E-state index contributed by atoms with van der Waals surface area (Å²) in [4.78, 5) is 12.0. The number of rotatable bonds is 6. The SMILES string of the molecule is CC(C)S(=O)(=O)NC1CNC(=O)CC1c1ccc(-c2ccc(-c3ccsc3)cc2)cc1. The smallest absolute Gasteiger partial charge is 0.220 e. The predicted octanol–water partition coefficient (Wildman–Crippen LogP) is 4.38. The zero-order chi connectivity index (χ0) is 22.0. The van der Waals surface area contributed by atoms with Gasteiger partial charge >= 0.3 is 0 Å². The van der Waals surface area contributed by atoms with Gasteiger partial charge in [0.1, 0.15) is 0 Å². The Morgan fingerprint density at radius 2 is 1.52 bits per heavy atom. The molecule has 1 amide bonds. The number of thiophene rings is 1. The van der Waals surface area contributed by atoms with Crippen molar-refractivity contribution in [1.82, 2.24) is 10.0 Å². The molecule has 2 unspecified atom stereocenters. The summed E-state index contributed by atoms with van der Waals surface area (Å²) in [5.41, 5.74) is 5.57. The van der Waals surface area contributed by atoms with Crippen LogP contribution in [-0.4, -0.2) is 32.2 Å². The van der Waals surface area contributed by atoms with Crippen LogP contribution in [0.25, 0.3) is 22.3 Å². The molecule has 2 aromatic carbocycles. The van der Waals surface area contributed by atoms with Gasteiger partial charge in [0, 0.05) is 24.9 Å². The van der Waals surface area contributed by atoms with Gasteiger partial charge in [-0.25, -0.2) is 13.1 Å². The van der Waals surface area contributed by atoms with E-state index in [1.165, 1.54) is 11.1 Å². The highest BCUT2D eigenvalue weighted by atomic mass is 32.2. The maximum Gasteiger partial charge on any atom is 0.220 e. The lowest BCUT2D eigenvalue weighted by atomic mass is 9.85. The topological polar surface area (TPSA) is 75.3 Å². The molecule has 1 aliphatic heterocycles. The molecule has 0 aliphatic carbocycles. The van der Waals surface area contributed by atoms with Crippen molar-refractivity contribution in [2.45, 2.75) is 37.5 Å². The number of nitrogens with one attached hydrogen (secondary N) is 2. The third-order valence-corrected chi connectivity index (χ3v) is 8.31. The van der Waals surface area contributed by atoms with Crippen molar-refractivity contribution in [2.75, 3.05) is 6.54 Å². The summed E-state index contributed by atoms with van der Waals surface area (Å²) in [6.45, 7) is 3.59. The van der Waals surface area contributed by atoms with Crippen LogP contribution in [0.2, 0.25) is 0 Å². The van der Waals surface area contributed by atoms with Crippen LogP contribution in [0.1, 0.15) is 31.7 Å². The first-order chi connectivity index (χ1) is 14.8. The van der Waals surface area contributed by atoms with Gasteiger partial charge in [-0.1, -0.05) is 48.5 Å². The Morgan fingerprint density at radius 1 is 0.935 bits per heavy atom. The number of piperidine rings is 1. The van der Waals surface area contributed by atoms with Crippen LogP contribution in [0.5, 0.6) is 0 Å². The van der Waals surface area contributed by atoms with E-state index in [9.17, 15) is 13.2 Å². The molecular weight excluding hydrogens is 428 g/mol. The lowest BCUT2D eigenvalue weighted by Gasteiger charge is -2.33. The summed E-state index contributed by atoms with van der Waals surface area (Å²) >= 11 is 1.68. The number of benzene rings is 2. The molecular formula is C24H26N2O3S2. The van der Waals surface area contributed by atoms with Crippen molar-refractivity contribution in [1.29, 1.82) is 0 Å². The first-order valence-corrected chi connectivity index (χ1v) is 12.8. The summed E-state index contributed by atoms with van der Waals surface area (Å²) in [7, 11) is -3.43. The van der Waals surface area contributed by atoms with Crippen LogP contribution in [0.15, 0.2) is 65.4 Å². The summed E-state index contributed by atoms with van der Waals surface area (Å²) in [5.74, 6) is -0.254. The molecule has 0 bridgehead atoms. The minimum Gasteiger partial charge on any atom is -0.354 e. The Bertz CT molecular complexity index is 1140. The minimum atomic E-state index is -3.43. The molecule has 2 N–H and O–H groups in total. The van der Waals surface area contributed by atoms with Crippen molar-refractivity contribution in [3.8, 4) is 22.3 Å². The van der Waals surface area contributed by atoms with Crippen molar-refractivity contribution >= 4 is 27.3 Å². The van der Waals surface area contributed by atoms with Crippen LogP contribution in [0.3, 0.4) is 0 Å². The largest absolute Gasteiger partial charge is 0.354 e. The van der Waals surface area contributed by atoms with Crippen molar-refractivity contribution in [3.63, 3.8) is 0 Å². The molecule has 31 heavy (non-hydrogen) atoms. The van der Waals surface area contributed by atoms with Gasteiger partial charge < -0.3 is 5.32 Å². The lowest BCUT2D eigenvalue weighted by Crippen LogP contribution is -2.53. The Kier molecular flexibility index (Phi) is 6.27. The summed E-state index contributed by atoms with van der Waals surface area (Å²) in [6.07, 6.45) is 0.264. The minimum absolute atomic E-state index is 0.0573. The van der Waals surface area contributed by atoms with Gasteiger partial charge in [-0.15, -0.1) is 0 Å². The summed E-state index contributed by atoms with van der Waals surface area (Å²) in [5, 5.41) is 6.46. The van der Waals surface area contributed by atoms with Crippen LogP contribution in [0.4, 0.5) is 0 Å². The first-order valence-electron chi connectivity index (χ1n) is 10.3. The Labute approximate surface area is 187 Å². The van der Waals surface area contributed by atoms with E-state index in [1.54, 1.807) is 25.2 Å². The molecule has 0 radical (unpaired) electrons. The monoisotopic (exact) mass is 454 g/mol. The molecule has 162 valence electrons. The van der Waals surface area contributed by atoms with Gasteiger partial charge in [0.05, 0.1) is 5.25 Å². The molecule has 1 saturated heterocycles. The number of carbonyl (C=O) groups is 1. The standard InChI is InChI=1S/C24H26N2O3S2/c1-16(2)31(28,29)26-23-14-25-24(27)13-22(23)20-9-7-18(8-10-20)17-3-5-19(6-4-17)21-11-12-30-15-21/h3-12,15-16,22-23,26H,13-14H2,1-2H3,(H,25,27). The van der Waals surface area contributed by atoms with E-state index in [1.807, 2.05) is 24.3 Å². The normalized spacial score (nSPS) is 19.4. The number of hydrogen-bond donors (Lipinski definition) is 2. The fourth-order valence-corrected chi connectivity index (χ4v) is 5.41. The molecule has 2 heterocycles. The van der Waals surface area contributed by atoms with Gasteiger partial charge in [-0.2, -0.15) is 11.3 Å². The average Bonchev–Trinajstić information content (AvgIpc) is 3.30. The van der Waals surface area contributed by atoms with Gasteiger partial charge in [-0.3, -0.25) is 4.79 Å². The molecule has 1 fully saturated rings. The summed E-state index contributed by atoms with van der Waals surface area (Å²) in [6, 6.07) is 18.3. The number of sulfonamides is 1. The van der Waals surface area contributed by atoms with Crippen LogP contribution in [-0.2, 0) is 14.8 Å². The second kappa shape index (κ2) is 8.94. The summed E-state index contributed by atoms with van der Waals surface area (Å²) < 4.78 is 27.6. The predicted molar refractivity (Wildman–Crippen MR) is 127 cm³/mol. The Hall–Kier alpha value is -2.48. The molecule has 1 aliphatic rings. The van der Waals surface area contributed by atoms with E-state index in [-0.39, 0.29) is 24.3 Å². The van der Waals surface area contributed by atoms with E-state index >= 15 is 0 Å². The molecule has 4 rings (SSSR count).